The number of nitrogens with zero attached hydrogens (tertiary/aromatic N) is 1. The minimum absolute atomic E-state index is 0.801. The molecule has 3 nitrogen and oxygen atoms in total. The summed E-state index contributed by atoms with van der Waals surface area (Å²) in [6.07, 6.45) is 0. The second-order valence-corrected chi connectivity index (χ2v) is 4.33. The summed E-state index contributed by atoms with van der Waals surface area (Å²) in [5.74, 6) is 0.903. The van der Waals surface area contributed by atoms with Crippen molar-refractivity contribution in [1.82, 2.24) is 10.5 Å². The standard InChI is InChI=1S/C14H18N2O/c1-10-6-4-5-7-13(10)8-15-9-14-11(2)16-17-12(14)3/h4-7,15H,8-9H2,1-3H3. The molecule has 0 saturated carbocycles. The van der Waals surface area contributed by atoms with E-state index in [0.29, 0.717) is 0 Å². The molecule has 2 aromatic rings. The number of rotatable bonds is 4. The third-order valence-electron chi connectivity index (χ3n) is 3.06. The van der Waals surface area contributed by atoms with E-state index in [2.05, 4.69) is 41.7 Å². The van der Waals surface area contributed by atoms with E-state index in [1.807, 2.05) is 13.8 Å². The Hall–Kier alpha value is -1.61. The van der Waals surface area contributed by atoms with Crippen LogP contribution in [0.4, 0.5) is 0 Å². The Morgan fingerprint density at radius 1 is 1.12 bits per heavy atom. The summed E-state index contributed by atoms with van der Waals surface area (Å²) < 4.78 is 5.13. The van der Waals surface area contributed by atoms with Gasteiger partial charge in [0, 0.05) is 18.7 Å². The summed E-state index contributed by atoms with van der Waals surface area (Å²) in [6.45, 7) is 7.73. The van der Waals surface area contributed by atoms with E-state index in [1.54, 1.807) is 0 Å². The molecule has 0 fully saturated rings. The van der Waals surface area contributed by atoms with Crippen LogP contribution in [0.5, 0.6) is 0 Å². The monoisotopic (exact) mass is 230 g/mol. The molecule has 0 saturated heterocycles. The normalized spacial score (nSPS) is 10.8. The number of aromatic nitrogens is 1. The highest BCUT2D eigenvalue weighted by Crippen LogP contribution is 2.12. The van der Waals surface area contributed by atoms with Gasteiger partial charge in [0.05, 0.1) is 5.69 Å². The van der Waals surface area contributed by atoms with E-state index in [9.17, 15) is 0 Å². The number of hydrogen-bond donors (Lipinski definition) is 1. The van der Waals surface area contributed by atoms with Crippen LogP contribution in [0.15, 0.2) is 28.8 Å². The topological polar surface area (TPSA) is 38.1 Å². The largest absolute Gasteiger partial charge is 0.361 e. The lowest BCUT2D eigenvalue weighted by molar-refractivity contribution is 0.392. The van der Waals surface area contributed by atoms with Gasteiger partial charge >= 0.3 is 0 Å². The van der Waals surface area contributed by atoms with Crippen molar-refractivity contribution in [2.75, 3.05) is 0 Å². The van der Waals surface area contributed by atoms with E-state index in [0.717, 1.165) is 24.5 Å². The lowest BCUT2D eigenvalue weighted by Gasteiger charge is -2.07. The van der Waals surface area contributed by atoms with Crippen LogP contribution >= 0.6 is 0 Å². The molecule has 90 valence electrons. The van der Waals surface area contributed by atoms with Crippen LogP contribution in [0.2, 0.25) is 0 Å². The number of aryl methyl sites for hydroxylation is 3. The molecule has 1 aromatic carbocycles. The van der Waals surface area contributed by atoms with Crippen LogP contribution in [0.25, 0.3) is 0 Å². The first-order valence-corrected chi connectivity index (χ1v) is 5.85. The first kappa shape index (κ1) is 11.9. The fourth-order valence-electron chi connectivity index (χ4n) is 1.88. The van der Waals surface area contributed by atoms with Crippen LogP contribution in [-0.4, -0.2) is 5.16 Å². The van der Waals surface area contributed by atoms with Crippen molar-refractivity contribution in [2.45, 2.75) is 33.9 Å². The molecule has 3 heteroatoms. The van der Waals surface area contributed by atoms with Crippen LogP contribution < -0.4 is 5.32 Å². The Labute approximate surface area is 102 Å². The second-order valence-electron chi connectivity index (χ2n) is 4.33. The molecule has 1 N–H and O–H groups in total. The predicted molar refractivity (Wildman–Crippen MR) is 67.7 cm³/mol. The fraction of sp³-hybridized carbons (Fsp3) is 0.357. The summed E-state index contributed by atoms with van der Waals surface area (Å²) in [5, 5.41) is 7.37. The van der Waals surface area contributed by atoms with E-state index in [-0.39, 0.29) is 0 Å². The van der Waals surface area contributed by atoms with Crippen molar-refractivity contribution in [3.05, 3.63) is 52.4 Å². The van der Waals surface area contributed by atoms with Crippen LogP contribution in [0, 0.1) is 20.8 Å². The van der Waals surface area contributed by atoms with Gasteiger partial charge in [-0.05, 0) is 31.9 Å². The minimum Gasteiger partial charge on any atom is -0.361 e. The molecule has 0 bridgehead atoms. The maximum atomic E-state index is 5.13. The smallest absolute Gasteiger partial charge is 0.138 e. The average Bonchev–Trinajstić information content (AvgIpc) is 2.63. The van der Waals surface area contributed by atoms with Crippen LogP contribution in [0.3, 0.4) is 0 Å². The van der Waals surface area contributed by atoms with E-state index in [4.69, 9.17) is 4.52 Å². The van der Waals surface area contributed by atoms with Gasteiger partial charge in [0.25, 0.3) is 0 Å². The zero-order valence-electron chi connectivity index (χ0n) is 10.6. The van der Waals surface area contributed by atoms with Gasteiger partial charge in [0.15, 0.2) is 0 Å². The first-order chi connectivity index (χ1) is 8.18. The number of benzene rings is 1. The molecule has 0 atom stereocenters. The van der Waals surface area contributed by atoms with Crippen molar-refractivity contribution in [2.24, 2.45) is 0 Å². The van der Waals surface area contributed by atoms with Gasteiger partial charge in [0.2, 0.25) is 0 Å². The third-order valence-corrected chi connectivity index (χ3v) is 3.06. The summed E-state index contributed by atoms with van der Waals surface area (Å²) in [7, 11) is 0. The zero-order valence-corrected chi connectivity index (χ0v) is 10.6. The summed E-state index contributed by atoms with van der Waals surface area (Å²) in [5.41, 5.74) is 4.79. The molecular formula is C14H18N2O. The Bertz CT molecular complexity index is 483. The summed E-state index contributed by atoms with van der Waals surface area (Å²) in [4.78, 5) is 0. The van der Waals surface area contributed by atoms with Crippen molar-refractivity contribution in [1.29, 1.82) is 0 Å². The van der Waals surface area contributed by atoms with Crippen molar-refractivity contribution < 1.29 is 4.52 Å². The molecule has 17 heavy (non-hydrogen) atoms. The molecule has 2 rings (SSSR count). The zero-order chi connectivity index (χ0) is 12.3. The first-order valence-electron chi connectivity index (χ1n) is 5.85. The van der Waals surface area contributed by atoms with Gasteiger partial charge in [-0.15, -0.1) is 0 Å². The van der Waals surface area contributed by atoms with Gasteiger partial charge in [-0.3, -0.25) is 0 Å². The van der Waals surface area contributed by atoms with E-state index >= 15 is 0 Å². The molecule has 0 amide bonds. The molecular weight excluding hydrogens is 212 g/mol. The number of nitrogens with one attached hydrogen (secondary N) is 1. The minimum atomic E-state index is 0.801. The predicted octanol–water partition coefficient (Wildman–Crippen LogP) is 2.89. The second kappa shape index (κ2) is 5.15. The van der Waals surface area contributed by atoms with Crippen LogP contribution in [0.1, 0.15) is 28.1 Å². The lowest BCUT2D eigenvalue weighted by Crippen LogP contribution is -2.14. The summed E-state index contributed by atoms with van der Waals surface area (Å²) >= 11 is 0. The highest BCUT2D eigenvalue weighted by molar-refractivity contribution is 5.26. The van der Waals surface area contributed by atoms with E-state index in [1.165, 1.54) is 16.7 Å². The van der Waals surface area contributed by atoms with Crippen molar-refractivity contribution >= 4 is 0 Å². The quantitative estimate of drug-likeness (QED) is 0.877. The molecule has 0 aliphatic heterocycles. The molecule has 1 heterocycles. The molecule has 0 spiro atoms. The molecule has 0 unspecified atom stereocenters. The maximum absolute atomic E-state index is 5.13. The maximum Gasteiger partial charge on any atom is 0.138 e. The average molecular weight is 230 g/mol. The molecule has 1 aromatic heterocycles. The van der Waals surface area contributed by atoms with E-state index < -0.39 is 0 Å². The SMILES string of the molecule is Cc1ccccc1CNCc1c(C)noc1C. The molecule has 0 aliphatic rings. The lowest BCUT2D eigenvalue weighted by atomic mass is 10.1. The van der Waals surface area contributed by atoms with Crippen molar-refractivity contribution in [3.8, 4) is 0 Å². The van der Waals surface area contributed by atoms with Crippen molar-refractivity contribution in [3.63, 3.8) is 0 Å². The van der Waals surface area contributed by atoms with Gasteiger partial charge in [-0.2, -0.15) is 0 Å². The highest BCUT2D eigenvalue weighted by atomic mass is 16.5. The Balaban J connectivity index is 1.95. The Morgan fingerprint density at radius 2 is 1.88 bits per heavy atom. The summed E-state index contributed by atoms with van der Waals surface area (Å²) in [6, 6.07) is 8.41. The Kier molecular flexibility index (Phi) is 3.59. The molecule has 0 aliphatic carbocycles. The molecule has 0 radical (unpaired) electrons. The van der Waals surface area contributed by atoms with Gasteiger partial charge < -0.3 is 9.84 Å². The third kappa shape index (κ3) is 2.74. The number of hydrogen-bond acceptors (Lipinski definition) is 3. The fourth-order valence-corrected chi connectivity index (χ4v) is 1.88. The Morgan fingerprint density at radius 3 is 2.53 bits per heavy atom. The van der Waals surface area contributed by atoms with Gasteiger partial charge in [0.1, 0.15) is 5.76 Å². The van der Waals surface area contributed by atoms with Gasteiger partial charge in [-0.1, -0.05) is 29.4 Å². The van der Waals surface area contributed by atoms with Gasteiger partial charge in [-0.25, -0.2) is 0 Å². The highest BCUT2D eigenvalue weighted by Gasteiger charge is 2.07. The van der Waals surface area contributed by atoms with Crippen LogP contribution in [-0.2, 0) is 13.1 Å².